The number of benzene rings is 2. The molecule has 2 aromatic carbocycles. The molecule has 0 radical (unpaired) electrons. The number of nitrogens with zero attached hydrogens (tertiary/aromatic N) is 1. The highest BCUT2D eigenvalue weighted by molar-refractivity contribution is 7.21. The van der Waals surface area contributed by atoms with Crippen molar-refractivity contribution in [3.8, 4) is 0 Å². The Kier molecular flexibility index (Phi) is 5.98. The number of aromatic carboxylic acids is 1. The Bertz CT molecular complexity index is 1170. The van der Waals surface area contributed by atoms with Crippen molar-refractivity contribution < 1.29 is 14.7 Å². The minimum absolute atomic E-state index is 0.0181. The lowest BCUT2D eigenvalue weighted by Gasteiger charge is -2.25. The first-order chi connectivity index (χ1) is 15.6. The van der Waals surface area contributed by atoms with Crippen LogP contribution in [-0.4, -0.2) is 41.0 Å². The lowest BCUT2D eigenvalue weighted by molar-refractivity contribution is -0.117. The summed E-state index contributed by atoms with van der Waals surface area (Å²) in [5.74, 6) is -0.846. The number of carbonyl (C=O) groups excluding carboxylic acids is 1. The summed E-state index contributed by atoms with van der Waals surface area (Å²) in [6.45, 7) is 1.22. The zero-order chi connectivity index (χ0) is 22.1. The highest BCUT2D eigenvalue weighted by atomic mass is 32.1. The summed E-state index contributed by atoms with van der Waals surface area (Å²) < 4.78 is 1.01. The maximum absolute atomic E-state index is 12.9. The van der Waals surface area contributed by atoms with Crippen LogP contribution in [0.2, 0.25) is 0 Å². The molecule has 1 atom stereocenters. The van der Waals surface area contributed by atoms with Crippen molar-refractivity contribution in [2.45, 2.75) is 51.0 Å². The zero-order valence-corrected chi connectivity index (χ0v) is 18.9. The molecule has 3 aromatic rings. The highest BCUT2D eigenvalue weighted by Gasteiger charge is 2.29. The second kappa shape index (κ2) is 9.04. The predicted molar refractivity (Wildman–Crippen MR) is 129 cm³/mol. The Morgan fingerprint density at radius 2 is 1.91 bits per heavy atom. The minimum Gasteiger partial charge on any atom is -0.477 e. The van der Waals surface area contributed by atoms with Gasteiger partial charge < -0.3 is 10.4 Å². The molecule has 1 amide bonds. The number of carboxylic acids is 1. The normalized spacial score (nSPS) is 18.6. The number of anilines is 1. The standard InChI is InChI=1S/C26H28N2O3S/c29-24(27-22-12-5-8-17-7-1-2-10-19(17)22)16-28-14-6-9-18(28)15-21-20-11-3-4-13-23(20)32-25(21)26(30)31/h3-5,8,11-13,18H,1-2,6-7,9-10,14-16H2,(H,27,29)(H,30,31). The van der Waals surface area contributed by atoms with Crippen molar-refractivity contribution in [3.05, 3.63) is 64.0 Å². The summed E-state index contributed by atoms with van der Waals surface area (Å²) in [5.41, 5.74) is 4.52. The Morgan fingerprint density at radius 3 is 2.78 bits per heavy atom. The van der Waals surface area contributed by atoms with Crippen molar-refractivity contribution in [1.82, 2.24) is 4.90 Å². The number of likely N-dealkylation sites (tertiary alicyclic amines) is 1. The molecular weight excluding hydrogens is 420 g/mol. The van der Waals surface area contributed by atoms with E-state index in [9.17, 15) is 14.7 Å². The van der Waals surface area contributed by atoms with Gasteiger partial charge in [0.25, 0.3) is 0 Å². The molecule has 5 rings (SSSR count). The lowest BCUT2D eigenvalue weighted by Crippen LogP contribution is -2.38. The third kappa shape index (κ3) is 4.17. The van der Waals surface area contributed by atoms with Crippen LogP contribution in [0.3, 0.4) is 0 Å². The van der Waals surface area contributed by atoms with Crippen LogP contribution in [0, 0.1) is 0 Å². The van der Waals surface area contributed by atoms with Crippen molar-refractivity contribution in [2.24, 2.45) is 0 Å². The summed E-state index contributed by atoms with van der Waals surface area (Å²) in [6, 6.07) is 14.3. The van der Waals surface area contributed by atoms with E-state index in [-0.39, 0.29) is 11.9 Å². The molecule has 6 heteroatoms. The highest BCUT2D eigenvalue weighted by Crippen LogP contribution is 2.34. The van der Waals surface area contributed by atoms with Crippen LogP contribution >= 0.6 is 11.3 Å². The third-order valence-electron chi connectivity index (χ3n) is 6.85. The summed E-state index contributed by atoms with van der Waals surface area (Å²) in [4.78, 5) is 27.5. The number of carbonyl (C=O) groups is 2. The molecule has 0 saturated carbocycles. The monoisotopic (exact) mass is 448 g/mol. The maximum atomic E-state index is 12.9. The van der Waals surface area contributed by atoms with Crippen molar-refractivity contribution in [1.29, 1.82) is 0 Å². The number of amides is 1. The summed E-state index contributed by atoms with van der Waals surface area (Å²) in [6.07, 6.45) is 7.19. The SMILES string of the molecule is O=C(CN1CCCC1Cc1c(C(=O)O)sc2ccccc12)Nc1cccc2c1CCCC2. The van der Waals surface area contributed by atoms with E-state index in [0.29, 0.717) is 17.8 Å². The third-order valence-corrected chi connectivity index (χ3v) is 8.05. The zero-order valence-electron chi connectivity index (χ0n) is 18.1. The number of thiophene rings is 1. The number of rotatable bonds is 6. The van der Waals surface area contributed by atoms with Gasteiger partial charge in [-0.15, -0.1) is 11.3 Å². The Balaban J connectivity index is 1.31. The van der Waals surface area contributed by atoms with Crippen molar-refractivity contribution in [2.75, 3.05) is 18.4 Å². The first kappa shape index (κ1) is 21.2. The molecular formula is C26H28N2O3S. The van der Waals surface area contributed by atoms with Crippen LogP contribution in [0.5, 0.6) is 0 Å². The smallest absolute Gasteiger partial charge is 0.346 e. The van der Waals surface area contributed by atoms with Crippen molar-refractivity contribution in [3.63, 3.8) is 0 Å². The van der Waals surface area contributed by atoms with Crippen LogP contribution in [0.4, 0.5) is 5.69 Å². The summed E-state index contributed by atoms with van der Waals surface area (Å²) in [7, 11) is 0. The number of fused-ring (bicyclic) bond motifs is 2. The minimum atomic E-state index is -0.864. The van der Waals surface area contributed by atoms with Gasteiger partial charge in [-0.2, -0.15) is 0 Å². The van der Waals surface area contributed by atoms with Crippen LogP contribution in [-0.2, 0) is 24.1 Å². The molecule has 0 spiro atoms. The second-order valence-electron chi connectivity index (χ2n) is 8.88. The van der Waals surface area contributed by atoms with E-state index in [2.05, 4.69) is 16.3 Å². The molecule has 1 fully saturated rings. The van der Waals surface area contributed by atoms with E-state index in [1.165, 1.54) is 35.3 Å². The van der Waals surface area contributed by atoms with E-state index >= 15 is 0 Å². The summed E-state index contributed by atoms with van der Waals surface area (Å²) >= 11 is 1.35. The largest absolute Gasteiger partial charge is 0.477 e. The van der Waals surface area contributed by atoms with E-state index in [1.807, 2.05) is 36.4 Å². The molecule has 1 unspecified atom stereocenters. The number of aryl methyl sites for hydroxylation is 1. The maximum Gasteiger partial charge on any atom is 0.346 e. The molecule has 1 aliphatic carbocycles. The molecule has 1 aliphatic heterocycles. The van der Waals surface area contributed by atoms with E-state index in [0.717, 1.165) is 53.6 Å². The number of hydrogen-bond acceptors (Lipinski definition) is 4. The first-order valence-electron chi connectivity index (χ1n) is 11.5. The van der Waals surface area contributed by atoms with Gasteiger partial charge in [-0.05, 0) is 85.7 Å². The average molecular weight is 449 g/mol. The van der Waals surface area contributed by atoms with Gasteiger partial charge in [0.2, 0.25) is 5.91 Å². The number of hydrogen-bond donors (Lipinski definition) is 2. The Hall–Kier alpha value is -2.70. The van der Waals surface area contributed by atoms with E-state index in [4.69, 9.17) is 0 Å². The fourth-order valence-electron chi connectivity index (χ4n) is 5.32. The topological polar surface area (TPSA) is 69.6 Å². The quantitative estimate of drug-likeness (QED) is 0.549. The fourth-order valence-corrected chi connectivity index (χ4v) is 6.39. The molecule has 5 nitrogen and oxygen atoms in total. The van der Waals surface area contributed by atoms with Gasteiger partial charge in [-0.25, -0.2) is 4.79 Å². The van der Waals surface area contributed by atoms with Gasteiger partial charge in [-0.1, -0.05) is 30.3 Å². The lowest BCUT2D eigenvalue weighted by atomic mass is 9.90. The Morgan fingerprint density at radius 1 is 1.06 bits per heavy atom. The van der Waals surface area contributed by atoms with Gasteiger partial charge >= 0.3 is 5.97 Å². The second-order valence-corrected chi connectivity index (χ2v) is 9.93. The molecule has 1 aromatic heterocycles. The molecule has 166 valence electrons. The van der Waals surface area contributed by atoms with E-state index in [1.54, 1.807) is 0 Å². The van der Waals surface area contributed by atoms with Gasteiger partial charge in [0, 0.05) is 16.4 Å². The van der Waals surface area contributed by atoms with Gasteiger partial charge in [0.1, 0.15) is 4.88 Å². The average Bonchev–Trinajstić information content (AvgIpc) is 3.39. The van der Waals surface area contributed by atoms with Crippen LogP contribution in [0.25, 0.3) is 10.1 Å². The van der Waals surface area contributed by atoms with Crippen LogP contribution in [0.15, 0.2) is 42.5 Å². The van der Waals surface area contributed by atoms with Crippen LogP contribution < -0.4 is 5.32 Å². The number of nitrogens with one attached hydrogen (secondary N) is 1. The number of carboxylic acid groups (broad SMARTS) is 1. The molecule has 2 heterocycles. The van der Waals surface area contributed by atoms with Gasteiger partial charge in [-0.3, -0.25) is 9.69 Å². The molecule has 2 N–H and O–H groups in total. The van der Waals surface area contributed by atoms with E-state index < -0.39 is 5.97 Å². The first-order valence-corrected chi connectivity index (χ1v) is 12.3. The summed E-state index contributed by atoms with van der Waals surface area (Å²) in [5, 5.41) is 13.9. The van der Waals surface area contributed by atoms with Gasteiger partial charge in [0.05, 0.1) is 6.54 Å². The molecule has 32 heavy (non-hydrogen) atoms. The molecule has 0 bridgehead atoms. The fraction of sp³-hybridized carbons (Fsp3) is 0.385. The Labute approximate surface area is 192 Å². The molecule has 2 aliphatic rings. The molecule has 1 saturated heterocycles. The van der Waals surface area contributed by atoms with Crippen molar-refractivity contribution >= 4 is 39.0 Å². The predicted octanol–water partition coefficient (Wildman–Crippen LogP) is 5.12. The van der Waals surface area contributed by atoms with Crippen LogP contribution in [0.1, 0.15) is 52.0 Å². The van der Waals surface area contributed by atoms with Gasteiger partial charge in [0.15, 0.2) is 0 Å².